The van der Waals surface area contributed by atoms with Crippen molar-refractivity contribution in [3.63, 3.8) is 0 Å². The van der Waals surface area contributed by atoms with Crippen LogP contribution in [0, 0.1) is 0 Å². The van der Waals surface area contributed by atoms with Crippen LogP contribution < -0.4 is 14.7 Å². The van der Waals surface area contributed by atoms with Crippen molar-refractivity contribution in [1.82, 2.24) is 0 Å². The highest BCUT2D eigenvalue weighted by Gasteiger charge is 2.24. The first kappa shape index (κ1) is 38.4. The van der Waals surface area contributed by atoms with E-state index >= 15 is 0 Å². The summed E-state index contributed by atoms with van der Waals surface area (Å²) in [7, 11) is 0. The van der Waals surface area contributed by atoms with Gasteiger partial charge in [0.25, 0.3) is 0 Å². The third-order valence-electron chi connectivity index (χ3n) is 12.9. The molecule has 0 aliphatic heterocycles. The molecule has 0 saturated heterocycles. The summed E-state index contributed by atoms with van der Waals surface area (Å²) < 4.78 is 13.1. The molecular formula is C62H41N3O2. The molecule has 316 valence electrons. The quantitative estimate of drug-likeness (QED) is 0.135. The van der Waals surface area contributed by atoms with Gasteiger partial charge in [0.15, 0.2) is 0 Å². The lowest BCUT2D eigenvalue weighted by Crippen LogP contribution is -2.16. The molecule has 67 heavy (non-hydrogen) atoms. The van der Waals surface area contributed by atoms with Crippen molar-refractivity contribution < 1.29 is 8.83 Å². The molecule has 0 bridgehead atoms. The van der Waals surface area contributed by atoms with E-state index in [1.54, 1.807) is 0 Å². The number of furan rings is 2. The summed E-state index contributed by atoms with van der Waals surface area (Å²) in [6, 6.07) is 88.2. The van der Waals surface area contributed by atoms with Gasteiger partial charge in [-0.25, -0.2) is 0 Å². The monoisotopic (exact) mass is 859 g/mol. The molecule has 0 unspecified atom stereocenters. The summed E-state index contributed by atoms with van der Waals surface area (Å²) in [6.07, 6.45) is 0. The van der Waals surface area contributed by atoms with Crippen molar-refractivity contribution in [2.45, 2.75) is 0 Å². The van der Waals surface area contributed by atoms with Gasteiger partial charge in [0, 0.05) is 61.1 Å². The van der Waals surface area contributed by atoms with E-state index in [9.17, 15) is 0 Å². The molecule has 0 N–H and O–H groups in total. The van der Waals surface area contributed by atoms with Crippen molar-refractivity contribution >= 4 is 117 Å². The molecule has 0 spiro atoms. The predicted molar refractivity (Wildman–Crippen MR) is 280 cm³/mol. The lowest BCUT2D eigenvalue weighted by atomic mass is 9.96. The van der Waals surface area contributed by atoms with Crippen molar-refractivity contribution in [2.24, 2.45) is 0 Å². The topological polar surface area (TPSA) is 36.0 Å². The first-order chi connectivity index (χ1) is 33.2. The molecule has 13 aromatic rings. The molecule has 5 nitrogen and oxygen atoms in total. The van der Waals surface area contributed by atoms with Gasteiger partial charge in [-0.3, -0.25) is 0 Å². The Balaban J connectivity index is 1.11. The number of hydrogen-bond acceptors (Lipinski definition) is 5. The highest BCUT2D eigenvalue weighted by molar-refractivity contribution is 6.30. The Morgan fingerprint density at radius 2 is 0.582 bits per heavy atom. The fourth-order valence-corrected chi connectivity index (χ4v) is 10.0. The molecule has 0 fully saturated rings. The third kappa shape index (κ3) is 6.55. The van der Waals surface area contributed by atoms with E-state index in [-0.39, 0.29) is 0 Å². The minimum Gasteiger partial charge on any atom is -0.456 e. The average Bonchev–Trinajstić information content (AvgIpc) is 3.97. The summed E-state index contributed by atoms with van der Waals surface area (Å²) in [5.41, 5.74) is 12.7. The van der Waals surface area contributed by atoms with Crippen molar-refractivity contribution in [3.8, 4) is 0 Å². The van der Waals surface area contributed by atoms with Crippen LogP contribution in [0.15, 0.2) is 258 Å². The molecule has 0 radical (unpaired) electrons. The normalized spacial score (nSPS) is 11.6. The second kappa shape index (κ2) is 15.9. The summed E-state index contributed by atoms with van der Waals surface area (Å²) >= 11 is 0. The summed E-state index contributed by atoms with van der Waals surface area (Å²) in [5.74, 6) is 0. The van der Waals surface area contributed by atoms with Crippen LogP contribution in [0.2, 0.25) is 0 Å². The van der Waals surface area contributed by atoms with Crippen molar-refractivity contribution in [3.05, 3.63) is 249 Å². The Labute approximate surface area is 387 Å². The van der Waals surface area contributed by atoms with Crippen LogP contribution in [0.4, 0.5) is 51.2 Å². The standard InChI is InChI=1S/C62H41N3O2/c1-5-19-42(20-6-1)63(43-21-7-2-8-22-43)48-37-49(39-50(38-48)65(45-25-11-4-12-26-45)47-34-36-60-56(40-47)53-28-15-17-31-58(53)66-60)64(44-23-9-3-10-24-44)46-33-35-52-51-27-13-14-29-54(51)62-61(57(52)41-46)55-30-16-18-32-59(55)67-62/h1-41H. The molecule has 5 heteroatoms. The highest BCUT2D eigenvalue weighted by atomic mass is 16.3. The second-order valence-corrected chi connectivity index (χ2v) is 16.9. The molecule has 0 saturated carbocycles. The molecule has 2 aromatic heterocycles. The Bertz CT molecular complexity index is 3900. The number of anilines is 9. The van der Waals surface area contributed by atoms with E-state index in [4.69, 9.17) is 8.83 Å². The van der Waals surface area contributed by atoms with Gasteiger partial charge in [-0.05, 0) is 125 Å². The molecule has 11 aromatic carbocycles. The molecular weight excluding hydrogens is 819 g/mol. The van der Waals surface area contributed by atoms with Gasteiger partial charge in [-0.1, -0.05) is 140 Å². The molecule has 0 atom stereocenters. The van der Waals surface area contributed by atoms with Crippen LogP contribution in [0.25, 0.3) is 65.4 Å². The average molecular weight is 860 g/mol. The van der Waals surface area contributed by atoms with Gasteiger partial charge >= 0.3 is 0 Å². The highest BCUT2D eigenvalue weighted by Crippen LogP contribution is 2.48. The van der Waals surface area contributed by atoms with Crippen molar-refractivity contribution in [2.75, 3.05) is 14.7 Å². The Hall–Kier alpha value is -9.06. The first-order valence-electron chi connectivity index (χ1n) is 22.7. The third-order valence-corrected chi connectivity index (χ3v) is 12.9. The van der Waals surface area contributed by atoms with Gasteiger partial charge in [0.2, 0.25) is 0 Å². The number of rotatable bonds is 9. The fraction of sp³-hybridized carbons (Fsp3) is 0. The Morgan fingerprint density at radius 3 is 1.12 bits per heavy atom. The van der Waals surface area contributed by atoms with Crippen LogP contribution in [-0.4, -0.2) is 0 Å². The lowest BCUT2D eigenvalue weighted by Gasteiger charge is -2.33. The number of para-hydroxylation sites is 6. The molecule has 0 aliphatic rings. The van der Waals surface area contributed by atoms with Gasteiger partial charge < -0.3 is 23.5 Å². The van der Waals surface area contributed by atoms with E-state index in [2.05, 4.69) is 245 Å². The van der Waals surface area contributed by atoms with Crippen LogP contribution in [0.3, 0.4) is 0 Å². The predicted octanol–water partition coefficient (Wildman–Crippen LogP) is 18.2. The number of nitrogens with zero attached hydrogens (tertiary/aromatic N) is 3. The maximum absolute atomic E-state index is 6.71. The summed E-state index contributed by atoms with van der Waals surface area (Å²) in [5, 5.41) is 8.94. The van der Waals surface area contributed by atoms with Gasteiger partial charge in [-0.2, -0.15) is 0 Å². The minimum absolute atomic E-state index is 0.852. The molecule has 2 heterocycles. The molecule has 0 amide bonds. The maximum atomic E-state index is 6.71. The number of fused-ring (bicyclic) bond motifs is 11. The fourth-order valence-electron chi connectivity index (χ4n) is 10.0. The largest absolute Gasteiger partial charge is 0.456 e. The minimum atomic E-state index is 0.852. The zero-order chi connectivity index (χ0) is 44.3. The zero-order valence-electron chi connectivity index (χ0n) is 36.3. The van der Waals surface area contributed by atoms with Gasteiger partial charge in [0.05, 0.1) is 17.1 Å². The van der Waals surface area contributed by atoms with Crippen LogP contribution in [-0.2, 0) is 0 Å². The smallest absolute Gasteiger partial charge is 0.143 e. The van der Waals surface area contributed by atoms with E-state index in [1.807, 2.05) is 18.2 Å². The second-order valence-electron chi connectivity index (χ2n) is 16.9. The SMILES string of the molecule is c1ccc(N(c2ccccc2)c2cc(N(c3ccccc3)c3ccc4oc5ccccc5c4c3)cc(N(c3ccccc3)c3ccc4c5ccccc5c5oc6ccccc6c5c4c3)c2)cc1. The van der Waals surface area contributed by atoms with Crippen molar-refractivity contribution in [1.29, 1.82) is 0 Å². The van der Waals surface area contributed by atoms with Crippen LogP contribution in [0.1, 0.15) is 0 Å². The van der Waals surface area contributed by atoms with Gasteiger partial charge in [-0.15, -0.1) is 0 Å². The van der Waals surface area contributed by atoms with E-state index < -0.39 is 0 Å². The van der Waals surface area contributed by atoms with E-state index in [0.29, 0.717) is 0 Å². The zero-order valence-corrected chi connectivity index (χ0v) is 36.3. The summed E-state index contributed by atoms with van der Waals surface area (Å²) in [6.45, 7) is 0. The maximum Gasteiger partial charge on any atom is 0.143 e. The van der Waals surface area contributed by atoms with E-state index in [0.717, 1.165) is 111 Å². The van der Waals surface area contributed by atoms with Crippen LogP contribution in [0.5, 0.6) is 0 Å². The number of hydrogen-bond donors (Lipinski definition) is 0. The van der Waals surface area contributed by atoms with Crippen LogP contribution >= 0.6 is 0 Å². The molecule has 13 rings (SSSR count). The number of benzene rings is 11. The first-order valence-corrected chi connectivity index (χ1v) is 22.7. The van der Waals surface area contributed by atoms with Gasteiger partial charge in [0.1, 0.15) is 22.3 Å². The molecule has 0 aliphatic carbocycles. The van der Waals surface area contributed by atoms with E-state index in [1.165, 1.54) is 5.39 Å². The lowest BCUT2D eigenvalue weighted by molar-refractivity contribution is 0.669. The summed E-state index contributed by atoms with van der Waals surface area (Å²) in [4.78, 5) is 7.10. The Morgan fingerprint density at radius 1 is 0.209 bits per heavy atom. The Kier molecular flexibility index (Phi) is 9.10.